The van der Waals surface area contributed by atoms with Crippen molar-refractivity contribution in [1.82, 2.24) is 9.62 Å². The van der Waals surface area contributed by atoms with Crippen LogP contribution in [-0.2, 0) is 10.0 Å². The van der Waals surface area contributed by atoms with Crippen LogP contribution in [0.15, 0.2) is 29.2 Å². The number of benzene rings is 1. The van der Waals surface area contributed by atoms with E-state index >= 15 is 0 Å². The first-order valence-corrected chi connectivity index (χ1v) is 11.1. The summed E-state index contributed by atoms with van der Waals surface area (Å²) < 4.78 is 27.1. The molecule has 1 saturated heterocycles. The van der Waals surface area contributed by atoms with E-state index in [9.17, 15) is 13.2 Å². The summed E-state index contributed by atoms with van der Waals surface area (Å²) in [6, 6.07) is 6.34. The average molecular weight is 385 g/mol. The Morgan fingerprint density at radius 3 is 2.52 bits per heavy atom. The highest BCUT2D eigenvalue weighted by Crippen LogP contribution is 2.23. The van der Waals surface area contributed by atoms with Gasteiger partial charge in [-0.1, -0.05) is 33.3 Å². The Morgan fingerprint density at radius 2 is 1.88 bits per heavy atom. The van der Waals surface area contributed by atoms with E-state index in [4.69, 9.17) is 0 Å². The molecule has 0 unspecified atom stereocenters. The molecule has 0 bridgehead atoms. The normalized spacial score (nSPS) is 16.6. The topological polar surface area (TPSA) is 66.5 Å². The van der Waals surface area contributed by atoms with E-state index in [1.807, 2.05) is 0 Å². The Morgan fingerprint density at radius 1 is 1.20 bits per heavy atom. The summed E-state index contributed by atoms with van der Waals surface area (Å²) in [6.45, 7) is 8.08. The lowest BCUT2D eigenvalue weighted by molar-refractivity contribution is 0.0956. The molecular weight excluding hydrogens is 356 g/mol. The lowest BCUT2D eigenvalue weighted by atomic mass is 10.2. The van der Waals surface area contributed by atoms with Gasteiger partial charge in [-0.05, 0) is 31.0 Å². The van der Waals surface area contributed by atoms with Gasteiger partial charge in [0.25, 0.3) is 5.91 Å². The van der Waals surface area contributed by atoms with Crippen molar-refractivity contribution in [2.75, 3.05) is 25.4 Å². The zero-order valence-electron chi connectivity index (χ0n) is 15.2. The molecule has 7 heteroatoms. The number of sulfonamides is 1. The highest BCUT2D eigenvalue weighted by Gasteiger charge is 2.26. The highest BCUT2D eigenvalue weighted by atomic mass is 32.2. The average Bonchev–Trinajstić information content (AvgIpc) is 2.58. The van der Waals surface area contributed by atoms with Gasteiger partial charge in [0, 0.05) is 35.7 Å². The molecule has 0 aliphatic carbocycles. The molecular formula is C18H28N2O3S2. The Labute approximate surface area is 155 Å². The predicted octanol–water partition coefficient (Wildman–Crippen LogP) is 3.12. The molecule has 1 N–H and O–H groups in total. The van der Waals surface area contributed by atoms with Crippen molar-refractivity contribution in [1.29, 1.82) is 0 Å². The van der Waals surface area contributed by atoms with E-state index < -0.39 is 10.0 Å². The second kappa shape index (κ2) is 8.56. The molecule has 140 valence electrons. The number of nitrogens with one attached hydrogen (secondary N) is 1. The fourth-order valence-corrected chi connectivity index (χ4v) is 5.06. The molecule has 5 nitrogen and oxygen atoms in total. The van der Waals surface area contributed by atoms with E-state index in [0.29, 0.717) is 25.2 Å². The molecule has 1 aromatic rings. The summed E-state index contributed by atoms with van der Waals surface area (Å²) >= 11 is 1.78. The second-order valence-electron chi connectivity index (χ2n) is 7.21. The zero-order valence-corrected chi connectivity index (χ0v) is 16.9. The lowest BCUT2D eigenvalue weighted by Gasteiger charge is -2.26. The predicted molar refractivity (Wildman–Crippen MR) is 104 cm³/mol. The van der Waals surface area contributed by atoms with Crippen LogP contribution >= 0.6 is 11.8 Å². The number of carbonyl (C=O) groups excluding carboxylic acids is 1. The molecule has 0 radical (unpaired) electrons. The third-order valence-electron chi connectivity index (χ3n) is 3.97. The minimum atomic E-state index is -3.51. The smallest absolute Gasteiger partial charge is 0.251 e. The molecule has 0 aromatic heterocycles. The summed E-state index contributed by atoms with van der Waals surface area (Å²) in [5, 5.41) is 2.86. The molecule has 1 heterocycles. The summed E-state index contributed by atoms with van der Waals surface area (Å²) in [7, 11) is -3.51. The van der Waals surface area contributed by atoms with Gasteiger partial charge in [0.15, 0.2) is 0 Å². The van der Waals surface area contributed by atoms with Crippen LogP contribution in [-0.4, -0.2) is 48.8 Å². The van der Waals surface area contributed by atoms with Gasteiger partial charge in [0.1, 0.15) is 0 Å². The number of piperidine rings is 1. The SMILES string of the molecule is CC(C)(C)SCCNC(=O)c1cccc(S(=O)(=O)N2CCCCC2)c1. The molecule has 1 aliphatic rings. The molecule has 1 fully saturated rings. The number of nitrogens with zero attached hydrogens (tertiary/aromatic N) is 1. The van der Waals surface area contributed by atoms with Crippen molar-refractivity contribution >= 4 is 27.7 Å². The quantitative estimate of drug-likeness (QED) is 0.765. The second-order valence-corrected chi connectivity index (χ2v) is 11.1. The third-order valence-corrected chi connectivity index (χ3v) is 7.14. The van der Waals surface area contributed by atoms with Crippen molar-refractivity contribution in [2.45, 2.75) is 49.7 Å². The van der Waals surface area contributed by atoms with Crippen LogP contribution in [0.4, 0.5) is 0 Å². The Kier molecular flexibility index (Phi) is 6.93. The van der Waals surface area contributed by atoms with Crippen LogP contribution in [0.5, 0.6) is 0 Å². The Hall–Kier alpha value is -1.05. The summed E-state index contributed by atoms with van der Waals surface area (Å²) in [5.74, 6) is 0.589. The molecule has 25 heavy (non-hydrogen) atoms. The van der Waals surface area contributed by atoms with Crippen LogP contribution in [0.3, 0.4) is 0 Å². The maximum absolute atomic E-state index is 12.7. The van der Waals surface area contributed by atoms with Crippen molar-refractivity contribution in [2.24, 2.45) is 0 Å². The maximum atomic E-state index is 12.7. The molecule has 1 aliphatic heterocycles. The van der Waals surface area contributed by atoms with Crippen LogP contribution in [0, 0.1) is 0 Å². The van der Waals surface area contributed by atoms with E-state index in [1.165, 1.54) is 10.4 Å². The standard InChI is InChI=1S/C18H28N2O3S2/c1-18(2,3)24-13-10-19-17(21)15-8-7-9-16(14-15)25(22,23)20-11-5-4-6-12-20/h7-9,14H,4-6,10-13H2,1-3H3,(H,19,21). The molecule has 0 saturated carbocycles. The van der Waals surface area contributed by atoms with Gasteiger partial charge in [0.2, 0.25) is 10.0 Å². The number of amides is 1. The third kappa shape index (κ3) is 6.01. The van der Waals surface area contributed by atoms with Crippen LogP contribution in [0.25, 0.3) is 0 Å². The van der Waals surface area contributed by atoms with Crippen molar-refractivity contribution in [3.8, 4) is 0 Å². The minimum Gasteiger partial charge on any atom is -0.351 e. The molecule has 1 amide bonds. The number of thioether (sulfide) groups is 1. The van der Waals surface area contributed by atoms with Gasteiger partial charge in [-0.2, -0.15) is 16.1 Å². The van der Waals surface area contributed by atoms with Gasteiger partial charge < -0.3 is 5.32 Å². The lowest BCUT2D eigenvalue weighted by Crippen LogP contribution is -2.35. The Balaban J connectivity index is 2.01. The number of carbonyl (C=O) groups is 1. The van der Waals surface area contributed by atoms with Crippen molar-refractivity contribution < 1.29 is 13.2 Å². The zero-order chi connectivity index (χ0) is 18.5. The van der Waals surface area contributed by atoms with Crippen LogP contribution < -0.4 is 5.32 Å². The first kappa shape index (κ1) is 20.3. The molecule has 0 atom stereocenters. The van der Waals surface area contributed by atoms with Gasteiger partial charge >= 0.3 is 0 Å². The summed E-state index contributed by atoms with van der Waals surface area (Å²) in [4.78, 5) is 12.5. The Bertz CT molecular complexity index is 691. The van der Waals surface area contributed by atoms with Crippen molar-refractivity contribution in [3.05, 3.63) is 29.8 Å². The number of rotatable bonds is 6. The maximum Gasteiger partial charge on any atom is 0.251 e. The first-order chi connectivity index (χ1) is 11.7. The van der Waals surface area contributed by atoms with Gasteiger partial charge in [0.05, 0.1) is 4.90 Å². The van der Waals surface area contributed by atoms with Gasteiger partial charge in [-0.15, -0.1) is 0 Å². The summed E-state index contributed by atoms with van der Waals surface area (Å²) in [6.07, 6.45) is 2.86. The van der Waals surface area contributed by atoms with Gasteiger partial charge in [-0.25, -0.2) is 8.42 Å². The summed E-state index contributed by atoms with van der Waals surface area (Å²) in [5.41, 5.74) is 0.388. The minimum absolute atomic E-state index is 0.160. The van der Waals surface area contributed by atoms with Crippen molar-refractivity contribution in [3.63, 3.8) is 0 Å². The number of hydrogen-bond acceptors (Lipinski definition) is 4. The van der Waals surface area contributed by atoms with E-state index in [1.54, 1.807) is 30.0 Å². The van der Waals surface area contributed by atoms with Gasteiger partial charge in [-0.3, -0.25) is 4.79 Å². The molecule has 1 aromatic carbocycles. The fourth-order valence-electron chi connectivity index (χ4n) is 2.68. The number of hydrogen-bond donors (Lipinski definition) is 1. The fraction of sp³-hybridized carbons (Fsp3) is 0.611. The largest absolute Gasteiger partial charge is 0.351 e. The van der Waals surface area contributed by atoms with Crippen LogP contribution in [0.1, 0.15) is 50.4 Å². The monoisotopic (exact) mass is 384 g/mol. The van der Waals surface area contributed by atoms with Crippen LogP contribution in [0.2, 0.25) is 0 Å². The molecule has 2 rings (SSSR count). The van der Waals surface area contributed by atoms with E-state index in [2.05, 4.69) is 26.1 Å². The first-order valence-electron chi connectivity index (χ1n) is 8.72. The molecule has 0 spiro atoms. The highest BCUT2D eigenvalue weighted by molar-refractivity contribution is 8.00. The van der Waals surface area contributed by atoms with E-state index in [-0.39, 0.29) is 15.5 Å². The van der Waals surface area contributed by atoms with E-state index in [0.717, 1.165) is 25.0 Å².